The third kappa shape index (κ3) is 4.27. The molecule has 27 heavy (non-hydrogen) atoms. The molecule has 0 bridgehead atoms. The van der Waals surface area contributed by atoms with E-state index in [1.54, 1.807) is 6.07 Å². The van der Waals surface area contributed by atoms with Crippen LogP contribution in [0.2, 0.25) is 0 Å². The lowest BCUT2D eigenvalue weighted by Crippen LogP contribution is -2.29. The van der Waals surface area contributed by atoms with E-state index in [0.29, 0.717) is 22.7 Å². The van der Waals surface area contributed by atoms with Gasteiger partial charge in [0.2, 0.25) is 0 Å². The summed E-state index contributed by atoms with van der Waals surface area (Å²) in [4.78, 5) is 27.6. The van der Waals surface area contributed by atoms with Gasteiger partial charge in [0.1, 0.15) is 0 Å². The maximum atomic E-state index is 12.7. The highest BCUT2D eigenvalue weighted by Crippen LogP contribution is 2.25. The minimum atomic E-state index is -0.289. The first-order valence-corrected chi connectivity index (χ1v) is 9.37. The largest absolute Gasteiger partial charge is 0.382 e. The van der Waals surface area contributed by atoms with Gasteiger partial charge in [-0.2, -0.15) is 0 Å². The molecule has 142 valence electrons. The van der Waals surface area contributed by atoms with Crippen molar-refractivity contribution in [2.45, 2.75) is 52.1 Å². The first-order valence-electron chi connectivity index (χ1n) is 9.37. The van der Waals surface area contributed by atoms with Crippen LogP contribution in [-0.2, 0) is 6.54 Å². The van der Waals surface area contributed by atoms with E-state index in [9.17, 15) is 9.59 Å². The van der Waals surface area contributed by atoms with Crippen LogP contribution in [0.5, 0.6) is 0 Å². The molecule has 0 aliphatic heterocycles. The topological polar surface area (TPSA) is 97.8 Å². The van der Waals surface area contributed by atoms with Crippen LogP contribution in [0.1, 0.15) is 58.4 Å². The Labute approximate surface area is 158 Å². The van der Waals surface area contributed by atoms with E-state index in [-0.39, 0.29) is 18.0 Å². The van der Waals surface area contributed by atoms with Gasteiger partial charge < -0.3 is 21.0 Å². The van der Waals surface area contributed by atoms with E-state index >= 15 is 0 Å². The van der Waals surface area contributed by atoms with Crippen molar-refractivity contribution in [2.75, 3.05) is 5.32 Å². The number of benzene rings is 1. The summed E-state index contributed by atoms with van der Waals surface area (Å²) in [5, 5.41) is 14.1. The molecule has 2 aromatic rings. The average molecular weight is 366 g/mol. The van der Waals surface area contributed by atoms with E-state index in [4.69, 9.17) is 5.41 Å². The molecule has 0 saturated heterocycles. The number of aryl methyl sites for hydroxylation is 2. The first kappa shape index (κ1) is 18.9. The van der Waals surface area contributed by atoms with Gasteiger partial charge in [-0.15, -0.1) is 0 Å². The van der Waals surface area contributed by atoms with E-state index in [1.165, 1.54) is 19.1 Å². The molecule has 0 unspecified atom stereocenters. The number of hydrogen-bond acceptors (Lipinski definition) is 4. The number of amides is 1. The average Bonchev–Trinajstić information content (AvgIpc) is 3.13. The van der Waals surface area contributed by atoms with Crippen molar-refractivity contribution in [2.24, 2.45) is 0 Å². The Kier molecular flexibility index (Phi) is 5.74. The minimum Gasteiger partial charge on any atom is -0.382 e. The van der Waals surface area contributed by atoms with Gasteiger partial charge in [0.15, 0.2) is 0 Å². The number of nitrogens with one attached hydrogen (secondary N) is 4. The minimum absolute atomic E-state index is 0.151. The summed E-state index contributed by atoms with van der Waals surface area (Å²) in [7, 11) is 0. The van der Waals surface area contributed by atoms with Crippen LogP contribution in [0.3, 0.4) is 0 Å². The molecule has 0 atom stereocenters. The number of hydrogen-bond donors (Lipinski definition) is 4. The Morgan fingerprint density at radius 3 is 2.70 bits per heavy atom. The van der Waals surface area contributed by atoms with Gasteiger partial charge in [-0.3, -0.25) is 9.59 Å². The van der Waals surface area contributed by atoms with Gasteiger partial charge in [-0.25, -0.2) is 0 Å². The summed E-state index contributed by atoms with van der Waals surface area (Å²) in [5.41, 5.74) is 3.84. The standard InChI is InChI=1S/C21H26N4O2/c1-13-10-14(2)24-21(27)18(13)12-23-20(26)16-8-5-9-19(17(16)11-22)25-15-6-3-4-7-15/h5,8-11,15,22,25H,3-4,6-7,12H2,1-2H3,(H,23,26)(H,24,27). The fraction of sp³-hybridized carbons (Fsp3) is 0.381. The molecule has 6 nitrogen and oxygen atoms in total. The highest BCUT2D eigenvalue weighted by atomic mass is 16.1. The van der Waals surface area contributed by atoms with Crippen LogP contribution < -0.4 is 16.2 Å². The molecule has 4 N–H and O–H groups in total. The summed E-state index contributed by atoms with van der Waals surface area (Å²) < 4.78 is 0. The fourth-order valence-electron chi connectivity index (χ4n) is 3.70. The summed E-state index contributed by atoms with van der Waals surface area (Å²) >= 11 is 0. The number of carbonyl (C=O) groups is 1. The molecular weight excluding hydrogens is 340 g/mol. The molecule has 1 aliphatic carbocycles. The Morgan fingerprint density at radius 2 is 2.04 bits per heavy atom. The van der Waals surface area contributed by atoms with Gasteiger partial charge in [-0.05, 0) is 50.5 Å². The number of pyridine rings is 1. The van der Waals surface area contributed by atoms with Crippen molar-refractivity contribution in [3.05, 3.63) is 62.6 Å². The van der Waals surface area contributed by atoms with Gasteiger partial charge in [0.25, 0.3) is 11.5 Å². The Morgan fingerprint density at radius 1 is 1.30 bits per heavy atom. The van der Waals surface area contributed by atoms with Gasteiger partial charge in [-0.1, -0.05) is 18.9 Å². The molecule has 3 rings (SSSR count). The second-order valence-corrected chi connectivity index (χ2v) is 7.16. The lowest BCUT2D eigenvalue weighted by molar-refractivity contribution is 0.0950. The quantitative estimate of drug-likeness (QED) is 0.591. The van der Waals surface area contributed by atoms with Crippen LogP contribution in [0.15, 0.2) is 29.1 Å². The smallest absolute Gasteiger partial charge is 0.253 e. The number of anilines is 1. The van der Waals surface area contributed by atoms with Crippen molar-refractivity contribution >= 4 is 17.8 Å². The number of aromatic nitrogens is 1. The SMILES string of the molecule is Cc1cc(C)c(CNC(=O)c2cccc(NC3CCCC3)c2C=N)c(=O)[nH]1. The van der Waals surface area contributed by atoms with E-state index < -0.39 is 0 Å². The monoisotopic (exact) mass is 366 g/mol. The zero-order valence-corrected chi connectivity index (χ0v) is 15.8. The summed E-state index contributed by atoms with van der Waals surface area (Å²) in [6, 6.07) is 7.73. The zero-order chi connectivity index (χ0) is 19.4. The maximum absolute atomic E-state index is 12.7. The predicted octanol–water partition coefficient (Wildman–Crippen LogP) is 3.27. The Balaban J connectivity index is 1.78. The zero-order valence-electron chi connectivity index (χ0n) is 15.8. The molecule has 0 radical (unpaired) electrons. The van der Waals surface area contributed by atoms with E-state index in [2.05, 4.69) is 15.6 Å². The molecule has 0 spiro atoms. The number of aromatic amines is 1. The van der Waals surface area contributed by atoms with Gasteiger partial charge in [0, 0.05) is 41.3 Å². The Bertz CT molecular complexity index is 911. The molecule has 1 saturated carbocycles. The molecule has 1 amide bonds. The van der Waals surface area contributed by atoms with Crippen LogP contribution >= 0.6 is 0 Å². The van der Waals surface area contributed by atoms with Crippen molar-refractivity contribution in [3.63, 3.8) is 0 Å². The molecular formula is C21H26N4O2. The van der Waals surface area contributed by atoms with Crippen LogP contribution in [0.25, 0.3) is 0 Å². The number of rotatable bonds is 6. The lowest BCUT2D eigenvalue weighted by Gasteiger charge is -2.17. The predicted molar refractivity (Wildman–Crippen MR) is 108 cm³/mol. The van der Waals surface area contributed by atoms with Crippen molar-refractivity contribution in [1.29, 1.82) is 5.41 Å². The summed E-state index contributed by atoms with van der Waals surface area (Å²) in [6.45, 7) is 3.84. The van der Waals surface area contributed by atoms with Gasteiger partial charge >= 0.3 is 0 Å². The third-order valence-electron chi connectivity index (χ3n) is 5.13. The highest BCUT2D eigenvalue weighted by Gasteiger charge is 2.19. The summed E-state index contributed by atoms with van der Waals surface area (Å²) in [6.07, 6.45) is 5.87. The first-order chi connectivity index (χ1) is 13.0. The summed E-state index contributed by atoms with van der Waals surface area (Å²) in [5.74, 6) is -0.289. The lowest BCUT2D eigenvalue weighted by atomic mass is 10.0. The number of H-pyrrole nitrogens is 1. The van der Waals surface area contributed by atoms with Crippen molar-refractivity contribution in [3.8, 4) is 0 Å². The van der Waals surface area contributed by atoms with Crippen LogP contribution in [-0.4, -0.2) is 23.1 Å². The molecule has 1 heterocycles. The van der Waals surface area contributed by atoms with Crippen molar-refractivity contribution < 1.29 is 4.79 Å². The van der Waals surface area contributed by atoms with E-state index in [1.807, 2.05) is 32.0 Å². The van der Waals surface area contributed by atoms with Gasteiger partial charge in [0.05, 0.1) is 5.56 Å². The molecule has 1 aromatic heterocycles. The third-order valence-corrected chi connectivity index (χ3v) is 5.13. The fourth-order valence-corrected chi connectivity index (χ4v) is 3.70. The molecule has 1 fully saturated rings. The Hall–Kier alpha value is -2.89. The molecule has 6 heteroatoms. The second-order valence-electron chi connectivity index (χ2n) is 7.16. The number of carbonyl (C=O) groups excluding carboxylic acids is 1. The van der Waals surface area contributed by atoms with Crippen LogP contribution in [0, 0.1) is 19.3 Å². The van der Waals surface area contributed by atoms with Crippen molar-refractivity contribution in [1.82, 2.24) is 10.3 Å². The molecule has 1 aromatic carbocycles. The normalized spacial score (nSPS) is 14.1. The van der Waals surface area contributed by atoms with E-state index in [0.717, 1.165) is 29.8 Å². The second kappa shape index (κ2) is 8.20. The van der Waals surface area contributed by atoms with Crippen LogP contribution in [0.4, 0.5) is 5.69 Å². The molecule has 1 aliphatic rings. The maximum Gasteiger partial charge on any atom is 0.253 e. The highest BCUT2D eigenvalue weighted by molar-refractivity contribution is 6.04.